The third-order valence-electron chi connectivity index (χ3n) is 4.19. The summed E-state index contributed by atoms with van der Waals surface area (Å²) in [7, 11) is 0. The van der Waals surface area contributed by atoms with Crippen LogP contribution in [0.15, 0.2) is 23.0 Å². The Morgan fingerprint density at radius 1 is 1.16 bits per heavy atom. The van der Waals surface area contributed by atoms with E-state index in [-0.39, 0.29) is 0 Å². The molecule has 0 amide bonds. The van der Waals surface area contributed by atoms with Crippen LogP contribution in [0.1, 0.15) is 18.4 Å². The summed E-state index contributed by atoms with van der Waals surface area (Å²) in [5.74, 6) is 1.03. The maximum atomic E-state index is 5.05. The van der Waals surface area contributed by atoms with Crippen molar-refractivity contribution in [1.29, 1.82) is 0 Å². The lowest BCUT2D eigenvalue weighted by molar-refractivity contribution is 0.129. The molecule has 1 aromatic heterocycles. The van der Waals surface area contributed by atoms with E-state index < -0.39 is 0 Å². The summed E-state index contributed by atoms with van der Waals surface area (Å²) >= 11 is 0. The van der Waals surface area contributed by atoms with Gasteiger partial charge >= 0.3 is 0 Å². The van der Waals surface area contributed by atoms with Gasteiger partial charge in [-0.15, -0.1) is 0 Å². The fourth-order valence-corrected chi connectivity index (χ4v) is 2.72. The van der Waals surface area contributed by atoms with E-state index >= 15 is 0 Å². The minimum atomic E-state index is 0.915. The molecule has 1 saturated heterocycles. The van der Waals surface area contributed by atoms with E-state index in [1.807, 2.05) is 12.3 Å². The van der Waals surface area contributed by atoms with Gasteiger partial charge in [0.2, 0.25) is 0 Å². The van der Waals surface area contributed by atoms with E-state index in [9.17, 15) is 0 Å². The highest BCUT2D eigenvalue weighted by Gasteiger charge is 2.26. The second-order valence-corrected chi connectivity index (χ2v) is 5.89. The van der Waals surface area contributed by atoms with Gasteiger partial charge in [0.25, 0.3) is 0 Å². The number of furan rings is 1. The summed E-state index contributed by atoms with van der Waals surface area (Å²) in [5.41, 5.74) is 1.23. The van der Waals surface area contributed by atoms with Crippen LogP contribution in [-0.2, 0) is 6.54 Å². The molecule has 0 spiro atoms. The predicted octanol–water partition coefficient (Wildman–Crippen LogP) is 1.40. The lowest BCUT2D eigenvalue weighted by Crippen LogP contribution is -2.48. The van der Waals surface area contributed by atoms with E-state index in [0.717, 1.165) is 25.6 Å². The highest BCUT2D eigenvalue weighted by molar-refractivity contribution is 5.04. The van der Waals surface area contributed by atoms with Gasteiger partial charge in [-0.1, -0.05) is 0 Å². The van der Waals surface area contributed by atoms with Gasteiger partial charge in [0.05, 0.1) is 12.5 Å². The number of nitrogens with one attached hydrogen (secondary N) is 1. The number of hydrogen-bond acceptors (Lipinski definition) is 4. The minimum Gasteiger partial charge on any atom is -0.472 e. The number of hydrogen-bond donors (Lipinski definition) is 1. The average molecular weight is 263 g/mol. The third kappa shape index (κ3) is 4.34. The van der Waals surface area contributed by atoms with Gasteiger partial charge in [-0.05, 0) is 24.8 Å². The van der Waals surface area contributed by atoms with E-state index in [4.69, 9.17) is 4.42 Å². The zero-order chi connectivity index (χ0) is 12.9. The zero-order valence-electron chi connectivity index (χ0n) is 11.7. The van der Waals surface area contributed by atoms with Crippen molar-refractivity contribution < 1.29 is 4.42 Å². The van der Waals surface area contributed by atoms with Crippen molar-refractivity contribution in [2.45, 2.75) is 19.4 Å². The number of rotatable bonds is 7. The molecule has 1 saturated carbocycles. The molecule has 0 atom stereocenters. The molecule has 4 heteroatoms. The van der Waals surface area contributed by atoms with Gasteiger partial charge in [0.15, 0.2) is 0 Å². The standard InChI is InChI=1S/C15H25N3O/c1-2-14(1)12-18-8-6-17(7-9-18)5-4-16-11-15-3-10-19-13-15/h3,10,13-14,16H,1-2,4-9,11-12H2. The lowest BCUT2D eigenvalue weighted by Gasteiger charge is -2.34. The van der Waals surface area contributed by atoms with Crippen molar-refractivity contribution in [2.75, 3.05) is 45.8 Å². The van der Waals surface area contributed by atoms with E-state index in [1.54, 1.807) is 6.26 Å². The van der Waals surface area contributed by atoms with E-state index in [1.165, 1.54) is 51.1 Å². The fourth-order valence-electron chi connectivity index (χ4n) is 2.72. The maximum Gasteiger partial charge on any atom is 0.0947 e. The first-order valence-electron chi connectivity index (χ1n) is 7.56. The van der Waals surface area contributed by atoms with Gasteiger partial charge in [-0.3, -0.25) is 4.90 Å². The van der Waals surface area contributed by atoms with Crippen LogP contribution in [0.5, 0.6) is 0 Å². The Labute approximate surface area is 115 Å². The third-order valence-corrected chi connectivity index (χ3v) is 4.19. The average Bonchev–Trinajstić information content (AvgIpc) is 3.09. The van der Waals surface area contributed by atoms with Crippen LogP contribution in [0.2, 0.25) is 0 Å². The Bertz CT molecular complexity index is 353. The first-order chi connectivity index (χ1) is 9.40. The molecule has 0 aromatic carbocycles. The Balaban J connectivity index is 1.25. The van der Waals surface area contributed by atoms with Crippen molar-refractivity contribution in [3.63, 3.8) is 0 Å². The van der Waals surface area contributed by atoms with Gasteiger partial charge in [-0.25, -0.2) is 0 Å². The Morgan fingerprint density at radius 2 is 1.95 bits per heavy atom. The van der Waals surface area contributed by atoms with Crippen molar-refractivity contribution >= 4 is 0 Å². The summed E-state index contributed by atoms with van der Waals surface area (Å²) in [6.45, 7) is 9.49. The first-order valence-corrected chi connectivity index (χ1v) is 7.56. The first kappa shape index (κ1) is 13.2. The molecular weight excluding hydrogens is 238 g/mol. The molecule has 19 heavy (non-hydrogen) atoms. The molecule has 106 valence electrons. The molecule has 0 radical (unpaired) electrons. The molecule has 1 aromatic rings. The van der Waals surface area contributed by atoms with Crippen molar-refractivity contribution in [1.82, 2.24) is 15.1 Å². The number of piperazine rings is 1. The topological polar surface area (TPSA) is 31.6 Å². The van der Waals surface area contributed by atoms with Crippen molar-refractivity contribution in [2.24, 2.45) is 5.92 Å². The largest absolute Gasteiger partial charge is 0.472 e. The molecule has 4 nitrogen and oxygen atoms in total. The van der Waals surface area contributed by atoms with Gasteiger partial charge < -0.3 is 14.6 Å². The van der Waals surface area contributed by atoms with Gasteiger partial charge in [-0.2, -0.15) is 0 Å². The fraction of sp³-hybridized carbons (Fsp3) is 0.733. The Morgan fingerprint density at radius 3 is 2.63 bits per heavy atom. The highest BCUT2D eigenvalue weighted by atomic mass is 16.3. The monoisotopic (exact) mass is 263 g/mol. The molecule has 2 aliphatic rings. The summed E-state index contributed by atoms with van der Waals surface area (Å²) < 4.78 is 5.05. The zero-order valence-corrected chi connectivity index (χ0v) is 11.7. The van der Waals surface area contributed by atoms with Crippen LogP contribution in [0.25, 0.3) is 0 Å². The second kappa shape index (κ2) is 6.55. The molecule has 2 heterocycles. The minimum absolute atomic E-state index is 0.915. The Hall–Kier alpha value is -0.840. The molecule has 0 unspecified atom stereocenters. The molecule has 0 bridgehead atoms. The van der Waals surface area contributed by atoms with E-state index in [2.05, 4.69) is 15.1 Å². The van der Waals surface area contributed by atoms with Crippen molar-refractivity contribution in [3.8, 4) is 0 Å². The summed E-state index contributed by atoms with van der Waals surface area (Å²) in [5, 5.41) is 3.47. The predicted molar refractivity (Wildman–Crippen MR) is 76.0 cm³/mol. The highest BCUT2D eigenvalue weighted by Crippen LogP contribution is 2.29. The van der Waals surface area contributed by atoms with Crippen LogP contribution >= 0.6 is 0 Å². The van der Waals surface area contributed by atoms with Crippen molar-refractivity contribution in [3.05, 3.63) is 24.2 Å². The molecule has 1 aliphatic carbocycles. The second-order valence-electron chi connectivity index (χ2n) is 5.89. The van der Waals surface area contributed by atoms with E-state index in [0.29, 0.717) is 0 Å². The summed E-state index contributed by atoms with van der Waals surface area (Å²) in [4.78, 5) is 5.22. The molecule has 3 rings (SSSR count). The van der Waals surface area contributed by atoms with Crippen LogP contribution in [0.4, 0.5) is 0 Å². The molecule has 2 fully saturated rings. The van der Waals surface area contributed by atoms with Gasteiger partial charge in [0, 0.05) is 57.9 Å². The molecule has 1 aliphatic heterocycles. The summed E-state index contributed by atoms with van der Waals surface area (Å²) in [6, 6.07) is 2.02. The van der Waals surface area contributed by atoms with Crippen LogP contribution in [0, 0.1) is 5.92 Å². The van der Waals surface area contributed by atoms with Gasteiger partial charge in [0.1, 0.15) is 0 Å². The van der Waals surface area contributed by atoms with Crippen LogP contribution < -0.4 is 5.32 Å². The van der Waals surface area contributed by atoms with Crippen LogP contribution in [-0.4, -0.2) is 55.6 Å². The Kier molecular flexibility index (Phi) is 4.53. The number of nitrogens with zero attached hydrogens (tertiary/aromatic N) is 2. The lowest BCUT2D eigenvalue weighted by atomic mass is 10.2. The molecule has 1 N–H and O–H groups in total. The summed E-state index contributed by atoms with van der Waals surface area (Å²) in [6.07, 6.45) is 6.48. The normalized spacial score (nSPS) is 21.9. The maximum absolute atomic E-state index is 5.05. The van der Waals surface area contributed by atoms with Crippen LogP contribution in [0.3, 0.4) is 0 Å². The quantitative estimate of drug-likeness (QED) is 0.754. The smallest absolute Gasteiger partial charge is 0.0947 e. The molecular formula is C15H25N3O. The SMILES string of the molecule is c1cc(CNCCN2CCN(CC3CC3)CC2)co1.